The van der Waals surface area contributed by atoms with Gasteiger partial charge in [0.1, 0.15) is 13.2 Å². The summed E-state index contributed by atoms with van der Waals surface area (Å²) in [7, 11) is 5.98. The lowest BCUT2D eigenvalue weighted by Gasteiger charge is -2.25. The zero-order valence-electron chi connectivity index (χ0n) is 53.2. The van der Waals surface area contributed by atoms with Crippen LogP contribution in [0, 0.1) is 0 Å². The molecule has 0 aliphatic heterocycles. The third kappa shape index (κ3) is 62.6. The van der Waals surface area contributed by atoms with Gasteiger partial charge in [0.05, 0.1) is 34.4 Å². The minimum Gasteiger partial charge on any atom is -0.477 e. The molecule has 0 rings (SSSR count). The predicted molar refractivity (Wildman–Crippen MR) is 341 cm³/mol. The summed E-state index contributed by atoms with van der Waals surface area (Å²) in [6.07, 6.45) is 77.7. The Bertz CT molecular complexity index is 1500. The van der Waals surface area contributed by atoms with Crippen molar-refractivity contribution in [3.8, 4) is 0 Å². The van der Waals surface area contributed by atoms with Crippen LogP contribution < -0.4 is 0 Å². The highest BCUT2D eigenvalue weighted by Crippen LogP contribution is 2.18. The number of carboxylic acids is 1. The Hall–Kier alpha value is -3.01. The van der Waals surface area contributed by atoms with E-state index in [0.717, 1.165) is 64.2 Å². The highest BCUT2D eigenvalue weighted by molar-refractivity contribution is 5.71. The molecule has 0 saturated carbocycles. The van der Waals surface area contributed by atoms with Gasteiger partial charge in [-0.3, -0.25) is 9.59 Å². The van der Waals surface area contributed by atoms with Crippen molar-refractivity contribution in [3.63, 3.8) is 0 Å². The standard InChI is InChI=1S/C71H129NO8/c1-6-8-10-12-14-16-18-20-22-24-26-27-28-29-30-31-32-33-34-35-36-37-38-39-40-41-42-43-44-46-48-50-52-54-56-58-60-62-69(74)80-67(66-79-71(70(75)76)77-64-63-72(3,4)5)65-78-68(73)61-59-57-55-53-51-49-47-45-25-23-21-19-17-15-13-11-9-7-2/h8,10,14,16,20,22-23,25-27,67,71H,6-7,9,11-13,15,17-19,21,24,28-66H2,1-5H3/p+1/b10-8-,16-14-,22-20-,25-23-,27-26-. The summed E-state index contributed by atoms with van der Waals surface area (Å²) in [5, 5.41) is 9.73. The molecule has 0 spiro atoms. The van der Waals surface area contributed by atoms with Crippen LogP contribution in [-0.4, -0.2) is 87.4 Å². The number of ether oxygens (including phenoxy) is 4. The largest absolute Gasteiger partial charge is 0.477 e. The summed E-state index contributed by atoms with van der Waals surface area (Å²) in [6.45, 7) is 4.80. The van der Waals surface area contributed by atoms with Crippen LogP contribution in [0.2, 0.25) is 0 Å². The molecular weight excluding hydrogens is 995 g/mol. The van der Waals surface area contributed by atoms with Crippen LogP contribution in [0.15, 0.2) is 60.8 Å². The number of carbonyl (C=O) groups excluding carboxylic acids is 2. The molecule has 1 N–H and O–H groups in total. The quantitative estimate of drug-likeness (QED) is 0.0211. The molecular formula is C71H130NO8+. The van der Waals surface area contributed by atoms with E-state index < -0.39 is 18.4 Å². The fourth-order valence-electron chi connectivity index (χ4n) is 9.83. The summed E-state index contributed by atoms with van der Waals surface area (Å²) in [5.41, 5.74) is 0. The maximum absolute atomic E-state index is 12.9. The van der Waals surface area contributed by atoms with E-state index in [1.807, 2.05) is 21.1 Å². The molecule has 0 aliphatic carbocycles. The van der Waals surface area contributed by atoms with Gasteiger partial charge in [-0.25, -0.2) is 4.79 Å². The van der Waals surface area contributed by atoms with Crippen molar-refractivity contribution in [1.82, 2.24) is 0 Å². The molecule has 0 aliphatic rings. The van der Waals surface area contributed by atoms with Crippen LogP contribution in [0.5, 0.6) is 0 Å². The third-order valence-electron chi connectivity index (χ3n) is 15.0. The molecule has 0 radical (unpaired) electrons. The predicted octanol–water partition coefficient (Wildman–Crippen LogP) is 20.7. The molecule has 0 heterocycles. The van der Waals surface area contributed by atoms with Crippen LogP contribution in [0.4, 0.5) is 0 Å². The summed E-state index contributed by atoms with van der Waals surface area (Å²) < 4.78 is 23.0. The first-order valence-corrected chi connectivity index (χ1v) is 34.0. The van der Waals surface area contributed by atoms with Gasteiger partial charge in [-0.15, -0.1) is 0 Å². The van der Waals surface area contributed by atoms with Gasteiger partial charge in [0.15, 0.2) is 6.10 Å². The number of esters is 2. The maximum Gasteiger partial charge on any atom is 0.361 e. The molecule has 2 atom stereocenters. The maximum atomic E-state index is 12.9. The normalized spacial score (nSPS) is 13.1. The van der Waals surface area contributed by atoms with Gasteiger partial charge in [-0.1, -0.05) is 286 Å². The molecule has 0 fully saturated rings. The van der Waals surface area contributed by atoms with Crippen molar-refractivity contribution in [3.05, 3.63) is 60.8 Å². The van der Waals surface area contributed by atoms with Gasteiger partial charge in [0.25, 0.3) is 6.29 Å². The Morgan fingerprint density at radius 2 is 0.713 bits per heavy atom. The zero-order chi connectivity index (χ0) is 58.3. The van der Waals surface area contributed by atoms with E-state index in [9.17, 15) is 19.5 Å². The van der Waals surface area contributed by atoms with E-state index in [-0.39, 0.29) is 38.2 Å². The fraction of sp³-hybridized carbons (Fsp3) is 0.817. The molecule has 80 heavy (non-hydrogen) atoms. The smallest absolute Gasteiger partial charge is 0.361 e. The van der Waals surface area contributed by atoms with Crippen LogP contribution in [0.1, 0.15) is 316 Å². The number of hydrogen-bond acceptors (Lipinski definition) is 7. The number of allylic oxidation sites excluding steroid dienone is 10. The fourth-order valence-corrected chi connectivity index (χ4v) is 9.83. The number of carbonyl (C=O) groups is 3. The number of quaternary nitrogens is 1. The minimum absolute atomic E-state index is 0.181. The lowest BCUT2D eigenvalue weighted by molar-refractivity contribution is -0.870. The SMILES string of the molecule is CC/C=C\C/C=C\C/C=C\C/C=C\CCCCCCCCCCCCCCCCCCCCCCCCCCC(=O)OC(COC(=O)CCCCCCCCC/C=C\CCCCCCCCC)COC(OCC[N+](C)(C)C)C(=O)O. The van der Waals surface area contributed by atoms with Crippen LogP contribution in [0.3, 0.4) is 0 Å². The monoisotopic (exact) mass is 1120 g/mol. The van der Waals surface area contributed by atoms with Crippen molar-refractivity contribution in [2.24, 2.45) is 0 Å². The van der Waals surface area contributed by atoms with Crippen molar-refractivity contribution >= 4 is 17.9 Å². The minimum atomic E-state index is -1.51. The Balaban J connectivity index is 4.01. The van der Waals surface area contributed by atoms with Gasteiger partial charge >= 0.3 is 17.9 Å². The lowest BCUT2D eigenvalue weighted by atomic mass is 10.0. The van der Waals surface area contributed by atoms with Gasteiger partial charge < -0.3 is 28.5 Å². The Kier molecular flexibility index (Phi) is 59.7. The average Bonchev–Trinajstić information content (AvgIpc) is 3.43. The molecule has 0 aromatic rings. The van der Waals surface area contributed by atoms with Gasteiger partial charge in [0, 0.05) is 12.8 Å². The summed E-state index contributed by atoms with van der Waals surface area (Å²) >= 11 is 0. The second kappa shape index (κ2) is 62.0. The number of hydrogen-bond donors (Lipinski definition) is 1. The molecule has 9 heteroatoms. The highest BCUT2D eigenvalue weighted by Gasteiger charge is 2.25. The van der Waals surface area contributed by atoms with Crippen LogP contribution in [-0.2, 0) is 33.3 Å². The molecule has 466 valence electrons. The van der Waals surface area contributed by atoms with Gasteiger partial charge in [0.2, 0.25) is 0 Å². The topological polar surface area (TPSA) is 108 Å². The van der Waals surface area contributed by atoms with E-state index in [0.29, 0.717) is 17.4 Å². The number of aliphatic carboxylic acids is 1. The molecule has 9 nitrogen and oxygen atoms in total. The molecule has 0 amide bonds. The molecule has 0 aromatic heterocycles. The second-order valence-electron chi connectivity index (χ2n) is 24.1. The number of unbranched alkanes of at least 4 members (excludes halogenated alkanes) is 38. The Morgan fingerprint density at radius 3 is 1.07 bits per heavy atom. The number of nitrogens with zero attached hydrogens (tertiary/aromatic N) is 1. The number of rotatable bonds is 63. The van der Waals surface area contributed by atoms with Crippen LogP contribution >= 0.6 is 0 Å². The first kappa shape index (κ1) is 77.0. The Labute approximate surface area is 495 Å². The molecule has 0 aromatic carbocycles. The summed E-state index contributed by atoms with van der Waals surface area (Å²) in [6, 6.07) is 0. The van der Waals surface area contributed by atoms with E-state index in [4.69, 9.17) is 18.9 Å². The second-order valence-corrected chi connectivity index (χ2v) is 24.1. The first-order valence-electron chi connectivity index (χ1n) is 34.0. The van der Waals surface area contributed by atoms with E-state index in [1.165, 1.54) is 225 Å². The molecule has 2 unspecified atom stereocenters. The average molecular weight is 1130 g/mol. The summed E-state index contributed by atoms with van der Waals surface area (Å²) in [4.78, 5) is 37.5. The first-order chi connectivity index (χ1) is 39.1. The van der Waals surface area contributed by atoms with Crippen LogP contribution in [0.25, 0.3) is 0 Å². The van der Waals surface area contributed by atoms with E-state index in [2.05, 4.69) is 74.6 Å². The lowest BCUT2D eigenvalue weighted by Crippen LogP contribution is -2.40. The van der Waals surface area contributed by atoms with Gasteiger partial charge in [-0.05, 0) is 77.0 Å². The zero-order valence-corrected chi connectivity index (χ0v) is 53.2. The van der Waals surface area contributed by atoms with Crippen molar-refractivity contribution in [2.75, 3.05) is 47.5 Å². The van der Waals surface area contributed by atoms with E-state index >= 15 is 0 Å². The van der Waals surface area contributed by atoms with Crippen molar-refractivity contribution < 1.29 is 42.9 Å². The molecule has 0 bridgehead atoms. The van der Waals surface area contributed by atoms with Gasteiger partial charge in [-0.2, -0.15) is 0 Å². The molecule has 0 saturated heterocycles. The number of likely N-dealkylation sites (N-methyl/N-ethyl adjacent to an activating group) is 1. The van der Waals surface area contributed by atoms with E-state index in [1.54, 1.807) is 0 Å². The third-order valence-corrected chi connectivity index (χ3v) is 15.0. The van der Waals surface area contributed by atoms with Crippen molar-refractivity contribution in [2.45, 2.75) is 328 Å². The summed E-state index contributed by atoms with van der Waals surface area (Å²) in [5.74, 6) is -1.99. The Morgan fingerprint density at radius 1 is 0.388 bits per heavy atom. The van der Waals surface area contributed by atoms with Crippen molar-refractivity contribution in [1.29, 1.82) is 0 Å². The number of carboxylic acid groups (broad SMARTS) is 1. The highest BCUT2D eigenvalue weighted by atomic mass is 16.7.